The van der Waals surface area contributed by atoms with Crippen LogP contribution in [-0.4, -0.2) is 46.1 Å². The van der Waals surface area contributed by atoms with Crippen molar-refractivity contribution in [3.05, 3.63) is 35.3 Å². The summed E-state index contributed by atoms with van der Waals surface area (Å²) in [6.45, 7) is 8.25. The smallest absolute Gasteiger partial charge is 0.225 e. The Labute approximate surface area is 129 Å². The lowest BCUT2D eigenvalue weighted by atomic mass is 10.3. The maximum atomic E-state index is 14.2. The Morgan fingerprint density at radius 1 is 0.955 bits per heavy atom. The van der Waals surface area contributed by atoms with Crippen molar-refractivity contribution in [2.24, 2.45) is 0 Å². The molecule has 22 heavy (non-hydrogen) atoms. The number of aromatic nitrogens is 4. The summed E-state index contributed by atoms with van der Waals surface area (Å²) in [6.07, 6.45) is 1.76. The first-order valence-electron chi connectivity index (χ1n) is 7.35. The molecule has 0 radical (unpaired) electrons. The van der Waals surface area contributed by atoms with Gasteiger partial charge < -0.3 is 9.80 Å². The van der Waals surface area contributed by atoms with Crippen LogP contribution in [0.3, 0.4) is 0 Å². The van der Waals surface area contributed by atoms with E-state index in [2.05, 4.69) is 24.8 Å². The zero-order valence-electron chi connectivity index (χ0n) is 13.0. The van der Waals surface area contributed by atoms with Crippen LogP contribution in [-0.2, 0) is 0 Å². The Bertz CT molecular complexity index is 682. The van der Waals surface area contributed by atoms with Crippen molar-refractivity contribution in [3.63, 3.8) is 0 Å². The van der Waals surface area contributed by atoms with E-state index in [0.29, 0.717) is 30.4 Å². The monoisotopic (exact) mass is 302 g/mol. The lowest BCUT2D eigenvalue weighted by molar-refractivity contribution is 0.569. The van der Waals surface area contributed by atoms with Crippen LogP contribution in [0.1, 0.15) is 17.2 Å². The van der Waals surface area contributed by atoms with Crippen molar-refractivity contribution in [2.75, 3.05) is 36.0 Å². The molecular formula is C15H19FN6. The van der Waals surface area contributed by atoms with Crippen molar-refractivity contribution < 1.29 is 4.39 Å². The van der Waals surface area contributed by atoms with Crippen LogP contribution in [0.25, 0.3) is 0 Å². The Morgan fingerprint density at radius 2 is 1.64 bits per heavy atom. The van der Waals surface area contributed by atoms with E-state index in [-0.39, 0.29) is 5.82 Å². The molecule has 3 heterocycles. The van der Waals surface area contributed by atoms with E-state index in [1.165, 1.54) is 0 Å². The van der Waals surface area contributed by atoms with E-state index in [0.717, 1.165) is 24.7 Å². The van der Waals surface area contributed by atoms with Gasteiger partial charge in [0.05, 0.1) is 5.69 Å². The minimum atomic E-state index is -0.328. The molecular weight excluding hydrogens is 283 g/mol. The van der Waals surface area contributed by atoms with Crippen molar-refractivity contribution in [1.82, 2.24) is 19.9 Å². The van der Waals surface area contributed by atoms with Gasteiger partial charge >= 0.3 is 0 Å². The second-order valence-corrected chi connectivity index (χ2v) is 5.47. The van der Waals surface area contributed by atoms with E-state index in [1.807, 2.05) is 17.9 Å². The third kappa shape index (κ3) is 2.84. The number of aryl methyl sites for hydroxylation is 3. The molecule has 1 saturated heterocycles. The Kier molecular flexibility index (Phi) is 3.87. The highest BCUT2D eigenvalue weighted by Gasteiger charge is 2.23. The summed E-state index contributed by atoms with van der Waals surface area (Å²) in [6, 6.07) is 1.88. The molecule has 2 aromatic heterocycles. The van der Waals surface area contributed by atoms with Crippen molar-refractivity contribution in [2.45, 2.75) is 20.8 Å². The van der Waals surface area contributed by atoms with Gasteiger partial charge in [0.25, 0.3) is 0 Å². The molecule has 0 unspecified atom stereocenters. The lowest BCUT2D eigenvalue weighted by Crippen LogP contribution is -2.47. The average molecular weight is 302 g/mol. The molecule has 0 bridgehead atoms. The van der Waals surface area contributed by atoms with Gasteiger partial charge in [-0.15, -0.1) is 0 Å². The summed E-state index contributed by atoms with van der Waals surface area (Å²) in [5, 5.41) is 0. The molecule has 0 aromatic carbocycles. The van der Waals surface area contributed by atoms with Crippen LogP contribution in [0.2, 0.25) is 0 Å². The fourth-order valence-corrected chi connectivity index (χ4v) is 2.60. The molecule has 3 rings (SSSR count). The van der Waals surface area contributed by atoms with Crippen LogP contribution in [0.5, 0.6) is 0 Å². The molecule has 7 heteroatoms. The van der Waals surface area contributed by atoms with Gasteiger partial charge in [-0.05, 0) is 26.8 Å². The van der Waals surface area contributed by atoms with E-state index < -0.39 is 0 Å². The van der Waals surface area contributed by atoms with Gasteiger partial charge in [-0.3, -0.25) is 0 Å². The maximum Gasteiger partial charge on any atom is 0.225 e. The van der Waals surface area contributed by atoms with Crippen LogP contribution in [0, 0.1) is 26.6 Å². The molecule has 0 N–H and O–H groups in total. The predicted molar refractivity (Wildman–Crippen MR) is 82.7 cm³/mol. The number of anilines is 2. The molecule has 1 fully saturated rings. The van der Waals surface area contributed by atoms with Crippen LogP contribution >= 0.6 is 0 Å². The van der Waals surface area contributed by atoms with Gasteiger partial charge in [0.2, 0.25) is 5.95 Å². The molecule has 0 aliphatic carbocycles. The fraction of sp³-hybridized carbons (Fsp3) is 0.467. The first-order valence-corrected chi connectivity index (χ1v) is 7.35. The Hall–Kier alpha value is -2.31. The standard InChI is InChI=1S/C15H19FN6/c1-10-4-5-17-15(18-10)22-8-6-21(7-9-22)14-13(16)11(2)19-12(3)20-14/h4-5H,6-9H2,1-3H3. The third-order valence-electron chi connectivity index (χ3n) is 3.76. The van der Waals surface area contributed by atoms with Gasteiger partial charge in [0.15, 0.2) is 11.6 Å². The third-order valence-corrected chi connectivity index (χ3v) is 3.76. The Morgan fingerprint density at radius 3 is 2.32 bits per heavy atom. The van der Waals surface area contributed by atoms with Crippen molar-refractivity contribution in [3.8, 4) is 0 Å². The highest BCUT2D eigenvalue weighted by molar-refractivity contribution is 5.44. The molecule has 0 spiro atoms. The number of halogens is 1. The summed E-state index contributed by atoms with van der Waals surface area (Å²) < 4.78 is 14.2. The summed E-state index contributed by atoms with van der Waals surface area (Å²) in [5.74, 6) is 1.40. The summed E-state index contributed by atoms with van der Waals surface area (Å²) in [7, 11) is 0. The van der Waals surface area contributed by atoms with Gasteiger partial charge in [-0.1, -0.05) is 0 Å². The molecule has 1 aliphatic rings. The topological polar surface area (TPSA) is 58.0 Å². The van der Waals surface area contributed by atoms with Crippen LogP contribution in [0.15, 0.2) is 12.3 Å². The number of nitrogens with zero attached hydrogens (tertiary/aromatic N) is 6. The van der Waals surface area contributed by atoms with Gasteiger partial charge in [-0.25, -0.2) is 24.3 Å². The fourth-order valence-electron chi connectivity index (χ4n) is 2.60. The van der Waals surface area contributed by atoms with Crippen molar-refractivity contribution >= 4 is 11.8 Å². The Balaban J connectivity index is 1.75. The van der Waals surface area contributed by atoms with Gasteiger partial charge in [0, 0.05) is 38.1 Å². The molecule has 0 atom stereocenters. The minimum Gasteiger partial charge on any atom is -0.351 e. The van der Waals surface area contributed by atoms with Crippen LogP contribution < -0.4 is 9.80 Å². The summed E-state index contributed by atoms with van der Waals surface area (Å²) >= 11 is 0. The second-order valence-electron chi connectivity index (χ2n) is 5.47. The molecule has 0 amide bonds. The first-order chi connectivity index (χ1) is 10.5. The number of hydrogen-bond donors (Lipinski definition) is 0. The predicted octanol–water partition coefficient (Wildman–Crippen LogP) is 1.66. The second kappa shape index (κ2) is 5.82. The van der Waals surface area contributed by atoms with Gasteiger partial charge in [0.1, 0.15) is 5.82 Å². The SMILES string of the molecule is Cc1ccnc(N2CCN(c3nc(C)nc(C)c3F)CC2)n1. The molecule has 0 saturated carbocycles. The molecule has 6 nitrogen and oxygen atoms in total. The quantitative estimate of drug-likeness (QED) is 0.841. The highest BCUT2D eigenvalue weighted by atomic mass is 19.1. The summed E-state index contributed by atoms with van der Waals surface area (Å²) in [4.78, 5) is 21.1. The minimum absolute atomic E-state index is 0.328. The van der Waals surface area contributed by atoms with E-state index >= 15 is 0 Å². The number of hydrogen-bond acceptors (Lipinski definition) is 6. The van der Waals surface area contributed by atoms with Crippen molar-refractivity contribution in [1.29, 1.82) is 0 Å². The molecule has 2 aromatic rings. The first kappa shape index (κ1) is 14.6. The maximum absolute atomic E-state index is 14.2. The zero-order chi connectivity index (χ0) is 15.7. The molecule has 1 aliphatic heterocycles. The molecule has 116 valence electrons. The summed E-state index contributed by atoms with van der Waals surface area (Å²) in [5.41, 5.74) is 1.34. The number of piperazine rings is 1. The van der Waals surface area contributed by atoms with E-state index in [9.17, 15) is 4.39 Å². The average Bonchev–Trinajstić information content (AvgIpc) is 2.51. The van der Waals surface area contributed by atoms with E-state index in [1.54, 1.807) is 20.0 Å². The normalized spacial score (nSPS) is 15.3. The van der Waals surface area contributed by atoms with Crippen LogP contribution in [0.4, 0.5) is 16.2 Å². The van der Waals surface area contributed by atoms with Gasteiger partial charge in [-0.2, -0.15) is 0 Å². The van der Waals surface area contributed by atoms with E-state index in [4.69, 9.17) is 0 Å². The lowest BCUT2D eigenvalue weighted by Gasteiger charge is -2.35. The highest BCUT2D eigenvalue weighted by Crippen LogP contribution is 2.21. The largest absolute Gasteiger partial charge is 0.351 e. The zero-order valence-corrected chi connectivity index (χ0v) is 13.0. The number of rotatable bonds is 2.